The van der Waals surface area contributed by atoms with Gasteiger partial charge in [0.05, 0.1) is 12.5 Å². The summed E-state index contributed by atoms with van der Waals surface area (Å²) in [5.41, 5.74) is 12.3. The lowest BCUT2D eigenvalue weighted by molar-refractivity contribution is -0.176. The van der Waals surface area contributed by atoms with E-state index in [0.29, 0.717) is 12.2 Å². The average Bonchev–Trinajstić information content (AvgIpc) is 2.95. The molecule has 192 valence electrons. The Bertz CT molecular complexity index is 1040. The lowest BCUT2D eigenvalue weighted by Gasteiger charge is -2.28. The zero-order valence-electron chi connectivity index (χ0n) is 21.4. The van der Waals surface area contributed by atoms with Crippen LogP contribution in [0.1, 0.15) is 61.4 Å². The summed E-state index contributed by atoms with van der Waals surface area (Å²) >= 11 is 0. The van der Waals surface area contributed by atoms with Crippen LogP contribution in [0.5, 0.6) is 5.75 Å². The second-order valence-electron chi connectivity index (χ2n) is 10.8. The molecule has 0 aliphatic carbocycles. The number of alkyl halides is 3. The molecule has 35 heavy (non-hydrogen) atoms. The third-order valence-electron chi connectivity index (χ3n) is 6.83. The van der Waals surface area contributed by atoms with Gasteiger partial charge in [0.1, 0.15) is 5.75 Å². The van der Waals surface area contributed by atoms with Gasteiger partial charge in [-0.2, -0.15) is 13.2 Å². The maximum Gasteiger partial charge on any atom is 0.394 e. The fraction of sp³-hybridized carbons (Fsp3) is 0.536. The molecule has 1 aliphatic rings. The van der Waals surface area contributed by atoms with Crippen molar-refractivity contribution in [3.63, 3.8) is 0 Å². The highest BCUT2D eigenvalue weighted by Gasteiger charge is 2.36. The van der Waals surface area contributed by atoms with Crippen LogP contribution < -0.4 is 15.4 Å². The molecular formula is C28H37F3N2O2. The van der Waals surface area contributed by atoms with E-state index in [1.54, 1.807) is 6.07 Å². The monoisotopic (exact) mass is 490 g/mol. The van der Waals surface area contributed by atoms with Crippen LogP contribution in [0, 0.1) is 25.2 Å². The molecular weight excluding hydrogens is 453 g/mol. The number of anilines is 1. The first-order valence-corrected chi connectivity index (χ1v) is 12.2. The summed E-state index contributed by atoms with van der Waals surface area (Å²) < 4.78 is 43.8. The Labute approximate surface area is 206 Å². The molecule has 7 heteroatoms. The molecule has 2 N–H and O–H groups in total. The zero-order chi connectivity index (χ0) is 26.0. The van der Waals surface area contributed by atoms with E-state index in [4.69, 9.17) is 10.5 Å². The molecule has 1 unspecified atom stereocenters. The molecule has 0 saturated carbocycles. The normalized spacial score (nSPS) is 15.4. The number of nitrogens with zero attached hydrogens (tertiary/aromatic N) is 1. The summed E-state index contributed by atoms with van der Waals surface area (Å²) in [6.45, 7) is 10.7. The Hall–Kier alpha value is -2.70. The molecule has 1 amide bonds. The van der Waals surface area contributed by atoms with Gasteiger partial charge in [0.25, 0.3) is 0 Å². The Morgan fingerprint density at radius 1 is 1.11 bits per heavy atom. The quantitative estimate of drug-likeness (QED) is 0.474. The Kier molecular flexibility index (Phi) is 8.07. The van der Waals surface area contributed by atoms with Gasteiger partial charge in [-0.15, -0.1) is 0 Å². The number of carbonyl (C=O) groups excluding carboxylic acids is 1. The first-order valence-electron chi connectivity index (χ1n) is 12.2. The maximum atomic E-state index is 12.8. The number of aryl methyl sites for hydroxylation is 3. The molecule has 2 aromatic carbocycles. The minimum atomic E-state index is -4.25. The third-order valence-corrected chi connectivity index (χ3v) is 6.83. The highest BCUT2D eigenvalue weighted by molar-refractivity contribution is 5.74. The Morgan fingerprint density at radius 3 is 2.37 bits per heavy atom. The molecule has 0 fully saturated rings. The highest BCUT2D eigenvalue weighted by atomic mass is 19.4. The number of benzene rings is 2. The molecule has 1 atom stereocenters. The van der Waals surface area contributed by atoms with Crippen LogP contribution in [0.15, 0.2) is 30.3 Å². The molecule has 0 saturated heterocycles. The van der Waals surface area contributed by atoms with Crippen molar-refractivity contribution in [3.05, 3.63) is 58.1 Å². The van der Waals surface area contributed by atoms with Gasteiger partial charge in [-0.05, 0) is 90.6 Å². The lowest BCUT2D eigenvalue weighted by atomic mass is 9.80. The van der Waals surface area contributed by atoms with Crippen LogP contribution in [0.4, 0.5) is 18.9 Å². The number of nitrogens with two attached hydrogens (primary N) is 1. The van der Waals surface area contributed by atoms with E-state index >= 15 is 0 Å². The number of hydrogen-bond donors (Lipinski definition) is 1. The van der Waals surface area contributed by atoms with Gasteiger partial charge in [0, 0.05) is 25.2 Å². The number of hydrogen-bond acceptors (Lipinski definition) is 3. The van der Waals surface area contributed by atoms with Crippen molar-refractivity contribution in [1.29, 1.82) is 0 Å². The minimum Gasteiger partial charge on any atom is -0.493 e. The average molecular weight is 491 g/mol. The summed E-state index contributed by atoms with van der Waals surface area (Å²) in [4.78, 5) is 13.8. The Morgan fingerprint density at radius 2 is 1.77 bits per heavy atom. The first kappa shape index (κ1) is 26.9. The number of fused-ring (bicyclic) bond motifs is 1. The number of ether oxygens (including phenoxy) is 1. The van der Waals surface area contributed by atoms with Gasteiger partial charge < -0.3 is 15.4 Å². The Balaban J connectivity index is 1.75. The molecule has 0 aromatic heterocycles. The third kappa shape index (κ3) is 7.15. The fourth-order valence-electron chi connectivity index (χ4n) is 4.80. The van der Waals surface area contributed by atoms with Crippen molar-refractivity contribution in [2.24, 2.45) is 17.1 Å². The second kappa shape index (κ2) is 10.5. The van der Waals surface area contributed by atoms with E-state index in [1.165, 1.54) is 22.3 Å². The van der Waals surface area contributed by atoms with Crippen molar-refractivity contribution in [3.8, 4) is 5.75 Å². The molecule has 0 bridgehead atoms. The molecule has 3 rings (SSSR count). The molecule has 1 aliphatic heterocycles. The van der Waals surface area contributed by atoms with Crippen molar-refractivity contribution < 1.29 is 22.7 Å². The van der Waals surface area contributed by atoms with E-state index in [-0.39, 0.29) is 17.9 Å². The van der Waals surface area contributed by atoms with Crippen molar-refractivity contribution in [1.82, 2.24) is 0 Å². The second-order valence-corrected chi connectivity index (χ2v) is 10.8. The molecule has 0 spiro atoms. The van der Waals surface area contributed by atoms with E-state index in [0.717, 1.165) is 50.5 Å². The summed E-state index contributed by atoms with van der Waals surface area (Å²) in [5.74, 6) is -1.30. The van der Waals surface area contributed by atoms with Crippen LogP contribution in [0.3, 0.4) is 0 Å². The summed E-state index contributed by atoms with van der Waals surface area (Å²) in [5, 5.41) is 0. The van der Waals surface area contributed by atoms with E-state index < -0.39 is 12.1 Å². The van der Waals surface area contributed by atoms with Crippen molar-refractivity contribution >= 4 is 11.6 Å². The highest BCUT2D eigenvalue weighted by Crippen LogP contribution is 2.34. The maximum absolute atomic E-state index is 12.8. The topological polar surface area (TPSA) is 55.6 Å². The number of carbonyl (C=O) groups is 1. The van der Waals surface area contributed by atoms with Crippen molar-refractivity contribution in [2.75, 3.05) is 18.1 Å². The van der Waals surface area contributed by atoms with Gasteiger partial charge in [-0.1, -0.05) is 26.8 Å². The smallest absolute Gasteiger partial charge is 0.394 e. The SMILES string of the molecule is Cc1cc(N2CCCc3cc(OCC(C)C(F)(F)F)ccc3C2)cc(C)c1CC(C)(C)CC(N)=O. The molecule has 2 aromatic rings. The van der Waals surface area contributed by atoms with E-state index in [2.05, 4.69) is 44.7 Å². The van der Waals surface area contributed by atoms with Gasteiger partial charge in [-0.25, -0.2) is 0 Å². The largest absolute Gasteiger partial charge is 0.493 e. The summed E-state index contributed by atoms with van der Waals surface area (Å²) in [7, 11) is 0. The first-order chi connectivity index (χ1) is 16.2. The van der Waals surface area contributed by atoms with E-state index in [9.17, 15) is 18.0 Å². The predicted octanol–water partition coefficient (Wildman–Crippen LogP) is 6.28. The molecule has 4 nitrogen and oxygen atoms in total. The van der Waals surface area contributed by atoms with E-state index in [1.807, 2.05) is 12.1 Å². The number of amides is 1. The van der Waals surface area contributed by atoms with Gasteiger partial charge in [0.2, 0.25) is 5.91 Å². The van der Waals surface area contributed by atoms with Crippen LogP contribution in [-0.4, -0.2) is 25.2 Å². The summed E-state index contributed by atoms with van der Waals surface area (Å²) in [6, 6.07) is 10.1. The van der Waals surface area contributed by atoms with Crippen LogP contribution in [-0.2, 0) is 24.2 Å². The van der Waals surface area contributed by atoms with Gasteiger partial charge in [0.15, 0.2) is 0 Å². The number of rotatable bonds is 8. The predicted molar refractivity (Wildman–Crippen MR) is 134 cm³/mol. The lowest BCUT2D eigenvalue weighted by Crippen LogP contribution is -2.26. The minimum absolute atomic E-state index is 0.206. The fourth-order valence-corrected chi connectivity index (χ4v) is 4.80. The standard InChI is InChI=1S/C28H37F3N2O2/c1-18-11-23(12-19(2)25(18)14-27(4,5)15-26(32)34)33-10-6-7-21-13-24(9-8-22(21)16-33)35-17-20(3)28(29,30)31/h8-9,11-13,20H,6-7,10,14-17H2,1-5H3,(H2,32,34). The van der Waals surface area contributed by atoms with Crippen LogP contribution in [0.25, 0.3) is 0 Å². The zero-order valence-corrected chi connectivity index (χ0v) is 21.4. The van der Waals surface area contributed by atoms with Crippen molar-refractivity contribution in [2.45, 2.75) is 73.0 Å². The van der Waals surface area contributed by atoms with Crippen LogP contribution >= 0.6 is 0 Å². The molecule has 0 radical (unpaired) electrons. The van der Waals surface area contributed by atoms with Gasteiger partial charge >= 0.3 is 6.18 Å². The number of primary amides is 1. The number of halogens is 3. The molecule has 1 heterocycles. The van der Waals surface area contributed by atoms with Gasteiger partial charge in [-0.3, -0.25) is 4.79 Å². The summed E-state index contributed by atoms with van der Waals surface area (Å²) in [6.07, 6.45) is -1.32. The van der Waals surface area contributed by atoms with Crippen LogP contribution in [0.2, 0.25) is 0 Å².